The molecular weight excluding hydrogens is 450 g/mol. The maximum atomic E-state index is 13.1. The van der Waals surface area contributed by atoms with Gasteiger partial charge in [-0.15, -0.1) is 0 Å². The van der Waals surface area contributed by atoms with E-state index in [2.05, 4.69) is 24.8 Å². The molecule has 0 fully saturated rings. The van der Waals surface area contributed by atoms with Crippen LogP contribution in [0.15, 0.2) is 65.0 Å². The van der Waals surface area contributed by atoms with E-state index in [1.165, 1.54) is 19.4 Å². The molecule has 0 radical (unpaired) electrons. The van der Waals surface area contributed by atoms with Crippen LogP contribution >= 0.6 is 11.6 Å². The van der Waals surface area contributed by atoms with E-state index in [4.69, 9.17) is 16.4 Å². The van der Waals surface area contributed by atoms with E-state index < -0.39 is 10.0 Å². The summed E-state index contributed by atoms with van der Waals surface area (Å²) >= 11 is 6.16. The van der Waals surface area contributed by atoms with Gasteiger partial charge in [-0.2, -0.15) is 0 Å². The number of oxime groups is 1. The Balaban J connectivity index is 1.85. The quantitative estimate of drug-likeness (QED) is 0.320. The maximum Gasteiger partial charge on any atom is 0.261 e. The van der Waals surface area contributed by atoms with Gasteiger partial charge in [0.05, 0.1) is 15.6 Å². The molecule has 0 amide bonds. The van der Waals surface area contributed by atoms with E-state index in [-0.39, 0.29) is 21.3 Å². The lowest BCUT2D eigenvalue weighted by Crippen LogP contribution is -2.18. The van der Waals surface area contributed by atoms with Crippen molar-refractivity contribution in [3.05, 3.63) is 82.4 Å². The van der Waals surface area contributed by atoms with Crippen molar-refractivity contribution in [3.8, 4) is 0 Å². The lowest BCUT2D eigenvalue weighted by Gasteiger charge is -2.15. The first-order valence-electron chi connectivity index (χ1n) is 9.60. The molecule has 164 valence electrons. The van der Waals surface area contributed by atoms with Crippen molar-refractivity contribution in [3.63, 3.8) is 0 Å². The number of nitrogens with one attached hydrogen (secondary N) is 2. The Morgan fingerprint density at radius 1 is 1.12 bits per heavy atom. The second-order valence-corrected chi connectivity index (χ2v) is 9.24. The molecule has 0 unspecified atom stereocenters. The number of rotatable bonds is 6. The lowest BCUT2D eigenvalue weighted by molar-refractivity contribution is 0.214. The van der Waals surface area contributed by atoms with Gasteiger partial charge in [0.15, 0.2) is 0 Å². The first kappa shape index (κ1) is 21.8. The van der Waals surface area contributed by atoms with Crippen LogP contribution in [0.2, 0.25) is 5.02 Å². The molecule has 10 heteroatoms. The molecule has 4 aromatic rings. The molecule has 0 aliphatic heterocycles. The summed E-state index contributed by atoms with van der Waals surface area (Å²) < 4.78 is 28.9. The molecule has 3 aromatic heterocycles. The minimum Gasteiger partial charge on any atom is -0.399 e. The van der Waals surface area contributed by atoms with E-state index in [9.17, 15) is 8.42 Å². The normalized spacial score (nSPS) is 12.2. The van der Waals surface area contributed by atoms with Crippen molar-refractivity contribution >= 4 is 44.1 Å². The van der Waals surface area contributed by atoms with Crippen LogP contribution < -0.4 is 4.72 Å². The number of anilines is 1. The highest BCUT2D eigenvalue weighted by Gasteiger charge is 2.23. The first-order chi connectivity index (χ1) is 15.3. The van der Waals surface area contributed by atoms with Crippen molar-refractivity contribution in [1.29, 1.82) is 0 Å². The highest BCUT2D eigenvalue weighted by atomic mass is 35.5. The maximum absolute atomic E-state index is 13.1. The van der Waals surface area contributed by atoms with Gasteiger partial charge in [0, 0.05) is 29.5 Å². The zero-order chi connectivity index (χ0) is 22.9. The number of pyridine rings is 2. The molecule has 32 heavy (non-hydrogen) atoms. The number of aromatic nitrogens is 3. The number of aromatic amines is 1. The average molecular weight is 470 g/mol. The summed E-state index contributed by atoms with van der Waals surface area (Å²) in [6.45, 7) is 3.78. The summed E-state index contributed by atoms with van der Waals surface area (Å²) in [5.74, 6) is 0. The average Bonchev–Trinajstić information content (AvgIpc) is 3.23. The summed E-state index contributed by atoms with van der Waals surface area (Å²) in [7, 11) is -2.51. The second kappa shape index (κ2) is 8.60. The number of nitrogens with zero attached hydrogens (tertiary/aromatic N) is 3. The highest BCUT2D eigenvalue weighted by molar-refractivity contribution is 7.92. The number of halogens is 1. The molecular formula is C22H20ClN5O3S. The smallest absolute Gasteiger partial charge is 0.261 e. The molecule has 3 heterocycles. The fraction of sp³-hybridized carbons (Fsp3) is 0.136. The van der Waals surface area contributed by atoms with E-state index >= 15 is 0 Å². The van der Waals surface area contributed by atoms with Crippen molar-refractivity contribution in [2.45, 2.75) is 18.7 Å². The van der Waals surface area contributed by atoms with Gasteiger partial charge in [-0.3, -0.25) is 9.71 Å². The molecule has 0 atom stereocenters. The monoisotopic (exact) mass is 469 g/mol. The van der Waals surface area contributed by atoms with Gasteiger partial charge < -0.3 is 9.82 Å². The molecule has 4 rings (SSSR count). The molecule has 8 nitrogen and oxygen atoms in total. The molecule has 0 bridgehead atoms. The van der Waals surface area contributed by atoms with Gasteiger partial charge in [-0.25, -0.2) is 13.4 Å². The minimum absolute atomic E-state index is 0.133. The Morgan fingerprint density at radius 3 is 2.69 bits per heavy atom. The SMILES string of the molecule is CO/N=C(/c1ncc(Cl)cc1NS(=O)(=O)c1ccc(C)c(C)c1)c1ccnc2[nH]ccc12. The van der Waals surface area contributed by atoms with Crippen molar-refractivity contribution in [2.75, 3.05) is 11.8 Å². The summed E-state index contributed by atoms with van der Waals surface area (Å²) in [6.07, 6.45) is 4.80. The van der Waals surface area contributed by atoms with Gasteiger partial charge in [0.25, 0.3) is 10.0 Å². The Kier molecular flexibility index (Phi) is 5.86. The van der Waals surface area contributed by atoms with E-state index in [0.29, 0.717) is 16.9 Å². The largest absolute Gasteiger partial charge is 0.399 e. The van der Waals surface area contributed by atoms with Crippen molar-refractivity contribution in [2.24, 2.45) is 5.16 Å². The van der Waals surface area contributed by atoms with Gasteiger partial charge >= 0.3 is 0 Å². The minimum atomic E-state index is -3.92. The topological polar surface area (TPSA) is 109 Å². The Labute approximate surface area is 190 Å². The highest BCUT2D eigenvalue weighted by Crippen LogP contribution is 2.27. The Hall–Kier alpha value is -3.43. The number of fused-ring (bicyclic) bond motifs is 1. The molecule has 0 aliphatic rings. The number of hydrogen-bond donors (Lipinski definition) is 2. The van der Waals surface area contributed by atoms with Gasteiger partial charge in [-0.1, -0.05) is 22.8 Å². The van der Waals surface area contributed by atoms with Crippen LogP contribution in [-0.4, -0.2) is 36.2 Å². The predicted molar refractivity (Wildman–Crippen MR) is 125 cm³/mol. The Bertz CT molecular complexity index is 1450. The van der Waals surface area contributed by atoms with Crippen LogP contribution in [0.3, 0.4) is 0 Å². The Morgan fingerprint density at radius 2 is 1.94 bits per heavy atom. The molecule has 2 N–H and O–H groups in total. The third-order valence-electron chi connectivity index (χ3n) is 5.01. The number of sulfonamides is 1. The van der Waals surface area contributed by atoms with Gasteiger partial charge in [0.2, 0.25) is 0 Å². The molecule has 0 saturated heterocycles. The zero-order valence-corrected chi connectivity index (χ0v) is 19.1. The van der Waals surface area contributed by atoms with Gasteiger partial charge in [-0.05, 0) is 55.3 Å². The van der Waals surface area contributed by atoms with Gasteiger partial charge in [0.1, 0.15) is 24.2 Å². The predicted octanol–water partition coefficient (Wildman–Crippen LogP) is 4.43. The lowest BCUT2D eigenvalue weighted by atomic mass is 10.0. The number of hydrogen-bond acceptors (Lipinski definition) is 6. The van der Waals surface area contributed by atoms with Crippen LogP contribution in [0.4, 0.5) is 5.69 Å². The van der Waals surface area contributed by atoms with E-state index in [1.54, 1.807) is 36.7 Å². The van der Waals surface area contributed by atoms with Crippen LogP contribution in [0.25, 0.3) is 11.0 Å². The number of benzene rings is 1. The molecule has 0 saturated carbocycles. The molecule has 0 spiro atoms. The first-order valence-corrected chi connectivity index (χ1v) is 11.5. The summed E-state index contributed by atoms with van der Waals surface area (Å²) in [5, 5.41) is 5.20. The van der Waals surface area contributed by atoms with E-state index in [1.807, 2.05) is 19.9 Å². The summed E-state index contributed by atoms with van der Waals surface area (Å²) in [5.41, 5.74) is 3.94. The fourth-order valence-corrected chi connectivity index (χ4v) is 4.57. The zero-order valence-electron chi connectivity index (χ0n) is 17.5. The number of H-pyrrole nitrogens is 1. The molecule has 0 aliphatic carbocycles. The second-order valence-electron chi connectivity index (χ2n) is 7.12. The third kappa shape index (κ3) is 4.17. The standard InChI is InChI=1S/C22H20ClN5O3S/c1-13-4-5-16(10-14(13)2)32(29,30)28-19-11-15(23)12-26-21(19)20(27-31-3)17-6-8-24-22-18(17)7-9-25-22/h4-12,28H,1-3H3,(H,24,25)/b27-20+. The van der Waals surface area contributed by atoms with Crippen LogP contribution in [0.5, 0.6) is 0 Å². The van der Waals surface area contributed by atoms with E-state index in [0.717, 1.165) is 16.5 Å². The third-order valence-corrected chi connectivity index (χ3v) is 6.58. The fourth-order valence-electron chi connectivity index (χ4n) is 3.27. The summed E-state index contributed by atoms with van der Waals surface area (Å²) in [4.78, 5) is 16.9. The molecule has 1 aromatic carbocycles. The van der Waals surface area contributed by atoms with Crippen LogP contribution in [0, 0.1) is 13.8 Å². The number of aryl methyl sites for hydroxylation is 2. The summed E-state index contributed by atoms with van der Waals surface area (Å²) in [6, 6.07) is 10.0. The van der Waals surface area contributed by atoms with Crippen molar-refractivity contribution < 1.29 is 13.3 Å². The van der Waals surface area contributed by atoms with Crippen molar-refractivity contribution in [1.82, 2.24) is 15.0 Å². The van der Waals surface area contributed by atoms with Crippen LogP contribution in [-0.2, 0) is 14.9 Å². The van der Waals surface area contributed by atoms with Crippen LogP contribution in [0.1, 0.15) is 22.4 Å².